The highest BCUT2D eigenvalue weighted by Crippen LogP contribution is 2.33. The van der Waals surface area contributed by atoms with Crippen LogP contribution in [0, 0.1) is 0 Å². The molecular formula is C15H17N5O4S. The van der Waals surface area contributed by atoms with Crippen molar-refractivity contribution >= 4 is 27.3 Å². The maximum atomic E-state index is 11.5. The Labute approximate surface area is 144 Å². The number of nitrogens with zero attached hydrogens (tertiary/aromatic N) is 3. The third-order valence-corrected chi connectivity index (χ3v) is 5.71. The van der Waals surface area contributed by atoms with E-state index in [-0.39, 0.29) is 17.5 Å². The van der Waals surface area contributed by atoms with Crippen LogP contribution in [0.1, 0.15) is 6.42 Å². The summed E-state index contributed by atoms with van der Waals surface area (Å²) in [6.45, 7) is 1.05. The molecule has 2 aliphatic heterocycles. The van der Waals surface area contributed by atoms with Crippen LogP contribution in [0.4, 0.5) is 17.5 Å². The van der Waals surface area contributed by atoms with Gasteiger partial charge in [0.1, 0.15) is 13.2 Å². The summed E-state index contributed by atoms with van der Waals surface area (Å²) in [5.74, 6) is 2.47. The summed E-state index contributed by atoms with van der Waals surface area (Å²) in [5, 5.41) is 14.0. The Kier molecular flexibility index (Phi) is 4.04. The van der Waals surface area contributed by atoms with Gasteiger partial charge in [-0.1, -0.05) is 0 Å². The van der Waals surface area contributed by atoms with Crippen molar-refractivity contribution in [1.82, 2.24) is 15.2 Å². The van der Waals surface area contributed by atoms with E-state index in [1.807, 2.05) is 18.2 Å². The van der Waals surface area contributed by atoms with Gasteiger partial charge in [-0.15, -0.1) is 5.10 Å². The second-order valence-corrected chi connectivity index (χ2v) is 8.12. The molecule has 2 aromatic rings. The smallest absolute Gasteiger partial charge is 0.249 e. The Morgan fingerprint density at radius 1 is 1.16 bits per heavy atom. The van der Waals surface area contributed by atoms with E-state index in [1.165, 1.54) is 6.20 Å². The van der Waals surface area contributed by atoms with Gasteiger partial charge in [0.2, 0.25) is 5.95 Å². The molecule has 0 bridgehead atoms. The summed E-state index contributed by atoms with van der Waals surface area (Å²) in [5.41, 5.74) is 0.742. The molecule has 0 spiro atoms. The van der Waals surface area contributed by atoms with Crippen molar-refractivity contribution in [2.45, 2.75) is 12.5 Å². The lowest BCUT2D eigenvalue weighted by atomic mass is 10.2. The SMILES string of the molecule is O=S1(=O)CCC(Nc2cnnc(Nc3ccc4c(c3)OCCO4)n2)C1. The summed E-state index contributed by atoms with van der Waals surface area (Å²) in [6.07, 6.45) is 2.04. The highest BCUT2D eigenvalue weighted by atomic mass is 32.2. The normalized spacial score (nSPS) is 20.9. The van der Waals surface area contributed by atoms with E-state index in [0.717, 1.165) is 5.69 Å². The standard InChI is InChI=1S/C15H17N5O4S/c21-25(22)6-3-11(9-25)17-14-8-16-20-15(19-14)18-10-1-2-12-13(7-10)24-5-4-23-12/h1-2,7-8,11H,3-6,9H2,(H2,17,18,19,20). The van der Waals surface area contributed by atoms with Crippen molar-refractivity contribution in [2.75, 3.05) is 35.4 Å². The van der Waals surface area contributed by atoms with Gasteiger partial charge in [0.15, 0.2) is 27.2 Å². The van der Waals surface area contributed by atoms with Gasteiger partial charge in [-0.05, 0) is 18.6 Å². The third-order valence-electron chi connectivity index (χ3n) is 3.94. The molecule has 0 amide bonds. The molecule has 4 rings (SSSR count). The lowest BCUT2D eigenvalue weighted by Crippen LogP contribution is -2.21. The average molecular weight is 363 g/mol. The number of ether oxygens (including phenoxy) is 2. The Hall–Kier alpha value is -2.62. The van der Waals surface area contributed by atoms with Gasteiger partial charge >= 0.3 is 0 Å². The van der Waals surface area contributed by atoms with Crippen molar-refractivity contribution < 1.29 is 17.9 Å². The van der Waals surface area contributed by atoms with Crippen LogP contribution in [-0.2, 0) is 9.84 Å². The largest absolute Gasteiger partial charge is 0.486 e. The van der Waals surface area contributed by atoms with Crippen molar-refractivity contribution in [3.05, 3.63) is 24.4 Å². The first-order valence-corrected chi connectivity index (χ1v) is 9.73. The Morgan fingerprint density at radius 3 is 2.80 bits per heavy atom. The number of anilines is 3. The summed E-state index contributed by atoms with van der Waals surface area (Å²) in [4.78, 5) is 4.33. The lowest BCUT2D eigenvalue weighted by molar-refractivity contribution is 0.171. The fraction of sp³-hybridized carbons (Fsp3) is 0.400. The van der Waals surface area contributed by atoms with Crippen molar-refractivity contribution in [1.29, 1.82) is 0 Å². The number of hydrogen-bond acceptors (Lipinski definition) is 9. The molecule has 1 aromatic heterocycles. The zero-order valence-corrected chi connectivity index (χ0v) is 14.1. The van der Waals surface area contributed by atoms with Crippen molar-refractivity contribution in [3.8, 4) is 11.5 Å². The van der Waals surface area contributed by atoms with Gasteiger partial charge in [-0.2, -0.15) is 10.1 Å². The molecule has 0 saturated carbocycles. The first-order valence-electron chi connectivity index (χ1n) is 7.91. The van der Waals surface area contributed by atoms with Gasteiger partial charge in [0.25, 0.3) is 0 Å². The van der Waals surface area contributed by atoms with Gasteiger partial charge in [-0.25, -0.2) is 8.42 Å². The molecule has 0 aliphatic carbocycles. The molecule has 1 atom stereocenters. The van der Waals surface area contributed by atoms with Crippen LogP contribution in [-0.4, -0.2) is 54.4 Å². The van der Waals surface area contributed by atoms with Gasteiger partial charge in [0, 0.05) is 17.8 Å². The highest BCUT2D eigenvalue weighted by molar-refractivity contribution is 7.91. The van der Waals surface area contributed by atoms with Crippen LogP contribution in [0.2, 0.25) is 0 Å². The minimum Gasteiger partial charge on any atom is -0.486 e. The van der Waals surface area contributed by atoms with Crippen LogP contribution in [0.5, 0.6) is 11.5 Å². The van der Waals surface area contributed by atoms with E-state index in [4.69, 9.17) is 9.47 Å². The number of benzene rings is 1. The maximum Gasteiger partial charge on any atom is 0.249 e. The Bertz CT molecular complexity index is 889. The molecule has 0 radical (unpaired) electrons. The second-order valence-electron chi connectivity index (χ2n) is 5.89. The Morgan fingerprint density at radius 2 is 2.00 bits per heavy atom. The van der Waals surface area contributed by atoms with E-state index in [9.17, 15) is 8.42 Å². The van der Waals surface area contributed by atoms with E-state index >= 15 is 0 Å². The monoisotopic (exact) mass is 363 g/mol. The van der Waals surface area contributed by atoms with Gasteiger partial charge in [-0.3, -0.25) is 0 Å². The number of hydrogen-bond donors (Lipinski definition) is 2. The van der Waals surface area contributed by atoms with Gasteiger partial charge in [0.05, 0.1) is 17.7 Å². The predicted octanol–water partition coefficient (Wildman–Crippen LogP) is 0.985. The molecule has 1 saturated heterocycles. The molecule has 132 valence electrons. The van der Waals surface area contributed by atoms with Gasteiger partial charge < -0.3 is 20.1 Å². The second kappa shape index (κ2) is 6.36. The summed E-state index contributed by atoms with van der Waals surface area (Å²) in [6, 6.07) is 5.31. The number of aromatic nitrogens is 3. The van der Waals surface area contributed by atoms with Crippen LogP contribution < -0.4 is 20.1 Å². The molecule has 9 nitrogen and oxygen atoms in total. The summed E-state index contributed by atoms with van der Waals surface area (Å²) < 4.78 is 34.1. The molecule has 3 heterocycles. The number of rotatable bonds is 4. The van der Waals surface area contributed by atoms with Crippen molar-refractivity contribution in [3.63, 3.8) is 0 Å². The Balaban J connectivity index is 1.46. The zero-order chi connectivity index (χ0) is 17.3. The van der Waals surface area contributed by atoms with Crippen LogP contribution in [0.15, 0.2) is 24.4 Å². The predicted molar refractivity (Wildman–Crippen MR) is 91.2 cm³/mol. The number of sulfone groups is 1. The molecular weight excluding hydrogens is 346 g/mol. The molecule has 1 aromatic carbocycles. The number of fused-ring (bicyclic) bond motifs is 1. The zero-order valence-electron chi connectivity index (χ0n) is 13.3. The molecule has 1 fully saturated rings. The third kappa shape index (κ3) is 3.73. The summed E-state index contributed by atoms with van der Waals surface area (Å²) >= 11 is 0. The van der Waals surface area contributed by atoms with E-state index in [0.29, 0.717) is 42.9 Å². The highest BCUT2D eigenvalue weighted by Gasteiger charge is 2.28. The molecule has 25 heavy (non-hydrogen) atoms. The van der Waals surface area contributed by atoms with E-state index < -0.39 is 9.84 Å². The van der Waals surface area contributed by atoms with Crippen LogP contribution >= 0.6 is 0 Å². The fourth-order valence-electron chi connectivity index (χ4n) is 2.79. The first kappa shape index (κ1) is 15.9. The topological polar surface area (TPSA) is 115 Å². The maximum absolute atomic E-state index is 11.5. The van der Waals surface area contributed by atoms with Crippen molar-refractivity contribution in [2.24, 2.45) is 0 Å². The van der Waals surface area contributed by atoms with Crippen LogP contribution in [0.25, 0.3) is 0 Å². The van der Waals surface area contributed by atoms with Crippen LogP contribution in [0.3, 0.4) is 0 Å². The average Bonchev–Trinajstić information content (AvgIpc) is 2.93. The molecule has 2 aliphatic rings. The lowest BCUT2D eigenvalue weighted by Gasteiger charge is -2.19. The summed E-state index contributed by atoms with van der Waals surface area (Å²) in [7, 11) is -2.95. The number of nitrogens with one attached hydrogen (secondary N) is 2. The quantitative estimate of drug-likeness (QED) is 0.820. The molecule has 1 unspecified atom stereocenters. The van der Waals surface area contributed by atoms with E-state index in [1.54, 1.807) is 0 Å². The minimum atomic E-state index is -2.95. The fourth-order valence-corrected chi connectivity index (χ4v) is 4.47. The van der Waals surface area contributed by atoms with E-state index in [2.05, 4.69) is 25.8 Å². The minimum absolute atomic E-state index is 0.113. The first-order chi connectivity index (χ1) is 12.1. The molecule has 2 N–H and O–H groups in total. The molecule has 10 heteroatoms.